The highest BCUT2D eigenvalue weighted by molar-refractivity contribution is 6.04. The van der Waals surface area contributed by atoms with Crippen LogP contribution in [0.1, 0.15) is 48.4 Å². The first-order valence-corrected chi connectivity index (χ1v) is 10.0. The van der Waals surface area contributed by atoms with Gasteiger partial charge in [-0.1, -0.05) is 44.2 Å². The number of fused-ring (bicyclic) bond motifs is 1. The molecule has 158 valence electrons. The Kier molecular flexibility index (Phi) is 6.70. The number of hydrogen-bond acceptors (Lipinski definition) is 6. The molecule has 0 radical (unpaired) electrons. The van der Waals surface area contributed by atoms with Crippen molar-refractivity contribution in [1.29, 1.82) is 0 Å². The molecule has 0 aliphatic carbocycles. The summed E-state index contributed by atoms with van der Waals surface area (Å²) in [6, 6.07) is 12.6. The van der Waals surface area contributed by atoms with E-state index in [1.54, 1.807) is 19.4 Å². The van der Waals surface area contributed by atoms with Crippen molar-refractivity contribution in [3.8, 4) is 11.5 Å². The number of rotatable bonds is 8. The SMILES string of the molecule is COc1ccc(C(N)c2nccc3ccccc23)c(C(=O)C(C)NC(C)C)c1OC. The summed E-state index contributed by atoms with van der Waals surface area (Å²) in [5.74, 6) is 0.762. The van der Waals surface area contributed by atoms with Crippen molar-refractivity contribution in [3.63, 3.8) is 0 Å². The Bertz CT molecular complexity index is 1040. The fourth-order valence-electron chi connectivity index (χ4n) is 3.79. The molecule has 0 saturated heterocycles. The fraction of sp³-hybridized carbons (Fsp3) is 0.333. The van der Waals surface area contributed by atoms with Crippen LogP contribution in [-0.4, -0.2) is 37.1 Å². The molecule has 6 heteroatoms. The van der Waals surface area contributed by atoms with E-state index >= 15 is 0 Å². The van der Waals surface area contributed by atoms with Crippen molar-refractivity contribution in [3.05, 3.63) is 65.5 Å². The minimum absolute atomic E-state index is 0.106. The molecule has 0 aliphatic heterocycles. The number of aromatic nitrogens is 1. The van der Waals surface area contributed by atoms with Gasteiger partial charge >= 0.3 is 0 Å². The molecule has 0 amide bonds. The molecule has 0 aliphatic rings. The summed E-state index contributed by atoms with van der Waals surface area (Å²) >= 11 is 0. The Balaban J connectivity index is 2.19. The maximum Gasteiger partial charge on any atom is 0.183 e. The van der Waals surface area contributed by atoms with Gasteiger partial charge in [0.25, 0.3) is 0 Å². The van der Waals surface area contributed by atoms with Gasteiger partial charge in [-0.3, -0.25) is 9.78 Å². The standard InChI is InChI=1S/C24H29N3O3/c1-14(2)27-15(3)23(28)20-18(10-11-19(29-4)24(20)30-5)21(25)22-17-9-7-6-8-16(17)12-13-26-22/h6-15,21,27H,25H2,1-5H3. The van der Waals surface area contributed by atoms with Crippen LogP contribution in [0.2, 0.25) is 0 Å². The molecule has 1 aromatic heterocycles. The van der Waals surface area contributed by atoms with Crippen LogP contribution in [0.5, 0.6) is 11.5 Å². The summed E-state index contributed by atoms with van der Waals surface area (Å²) in [6.45, 7) is 5.84. The molecular weight excluding hydrogens is 378 g/mol. The van der Waals surface area contributed by atoms with Gasteiger partial charge in [0.05, 0.1) is 37.6 Å². The second-order valence-electron chi connectivity index (χ2n) is 7.57. The predicted octanol–water partition coefficient (Wildman–Crippen LogP) is 3.87. The van der Waals surface area contributed by atoms with Crippen LogP contribution in [-0.2, 0) is 0 Å². The van der Waals surface area contributed by atoms with Gasteiger partial charge in [0.2, 0.25) is 0 Å². The van der Waals surface area contributed by atoms with E-state index in [9.17, 15) is 4.79 Å². The van der Waals surface area contributed by atoms with E-state index in [2.05, 4.69) is 10.3 Å². The van der Waals surface area contributed by atoms with Crippen molar-refractivity contribution in [2.45, 2.75) is 38.9 Å². The summed E-state index contributed by atoms with van der Waals surface area (Å²) in [4.78, 5) is 18.0. The van der Waals surface area contributed by atoms with E-state index in [1.165, 1.54) is 7.11 Å². The largest absolute Gasteiger partial charge is 0.493 e. The van der Waals surface area contributed by atoms with E-state index in [0.29, 0.717) is 28.3 Å². The van der Waals surface area contributed by atoms with Crippen LogP contribution in [0.15, 0.2) is 48.7 Å². The molecule has 0 fully saturated rings. The predicted molar refractivity (Wildman–Crippen MR) is 119 cm³/mol. The first kappa shape index (κ1) is 21.7. The van der Waals surface area contributed by atoms with E-state index in [1.807, 2.05) is 57.2 Å². The van der Waals surface area contributed by atoms with E-state index in [0.717, 1.165) is 10.8 Å². The lowest BCUT2D eigenvalue weighted by Crippen LogP contribution is -2.39. The summed E-state index contributed by atoms with van der Waals surface area (Å²) in [6.07, 6.45) is 1.74. The number of carbonyl (C=O) groups is 1. The molecule has 0 bridgehead atoms. The molecule has 2 unspecified atom stereocenters. The smallest absolute Gasteiger partial charge is 0.183 e. The van der Waals surface area contributed by atoms with Gasteiger partial charge in [0.1, 0.15) is 0 Å². The number of nitrogens with one attached hydrogen (secondary N) is 1. The van der Waals surface area contributed by atoms with E-state index in [4.69, 9.17) is 15.2 Å². The molecule has 1 heterocycles. The molecule has 0 saturated carbocycles. The van der Waals surface area contributed by atoms with Crippen molar-refractivity contribution in [2.24, 2.45) is 5.73 Å². The Labute approximate surface area is 177 Å². The van der Waals surface area contributed by atoms with Crippen LogP contribution in [0.4, 0.5) is 0 Å². The number of ketones is 1. The number of Topliss-reactive ketones (excluding diaryl/α,β-unsaturated/α-hetero) is 1. The van der Waals surface area contributed by atoms with Crippen molar-refractivity contribution < 1.29 is 14.3 Å². The van der Waals surface area contributed by atoms with Gasteiger partial charge in [-0.05, 0) is 30.0 Å². The lowest BCUT2D eigenvalue weighted by Gasteiger charge is -2.23. The van der Waals surface area contributed by atoms with Gasteiger partial charge in [0, 0.05) is 17.6 Å². The summed E-state index contributed by atoms with van der Waals surface area (Å²) in [7, 11) is 3.08. The molecule has 2 atom stereocenters. The first-order valence-electron chi connectivity index (χ1n) is 10.0. The van der Waals surface area contributed by atoms with Gasteiger partial charge in [0.15, 0.2) is 17.3 Å². The zero-order chi connectivity index (χ0) is 21.8. The number of nitrogens with two attached hydrogens (primary N) is 1. The maximum atomic E-state index is 13.5. The van der Waals surface area contributed by atoms with E-state index in [-0.39, 0.29) is 11.8 Å². The maximum absolute atomic E-state index is 13.5. The summed E-state index contributed by atoms with van der Waals surface area (Å²) < 4.78 is 11.1. The topological polar surface area (TPSA) is 86.5 Å². The molecular formula is C24H29N3O3. The number of carbonyl (C=O) groups excluding carboxylic acids is 1. The van der Waals surface area contributed by atoms with Gasteiger partial charge < -0.3 is 20.5 Å². The molecule has 3 aromatic rings. The highest BCUT2D eigenvalue weighted by Gasteiger charge is 2.29. The minimum atomic E-state index is -0.610. The highest BCUT2D eigenvalue weighted by atomic mass is 16.5. The Morgan fingerprint density at radius 3 is 2.43 bits per heavy atom. The molecule has 2 aromatic carbocycles. The van der Waals surface area contributed by atoms with Crippen LogP contribution in [0, 0.1) is 0 Å². The monoisotopic (exact) mass is 407 g/mol. The average molecular weight is 408 g/mol. The number of hydrogen-bond donors (Lipinski definition) is 2. The van der Waals surface area contributed by atoms with Crippen LogP contribution in [0.3, 0.4) is 0 Å². The zero-order valence-corrected chi connectivity index (χ0v) is 18.1. The van der Waals surface area contributed by atoms with Gasteiger partial charge in [-0.15, -0.1) is 0 Å². The van der Waals surface area contributed by atoms with Gasteiger partial charge in [-0.2, -0.15) is 0 Å². The van der Waals surface area contributed by atoms with Crippen LogP contribution in [0.25, 0.3) is 10.8 Å². The second kappa shape index (κ2) is 9.24. The normalized spacial score (nSPS) is 13.3. The summed E-state index contributed by atoms with van der Waals surface area (Å²) in [5, 5.41) is 5.26. The molecule has 3 rings (SSSR count). The molecule has 3 N–H and O–H groups in total. The lowest BCUT2D eigenvalue weighted by atomic mass is 9.90. The minimum Gasteiger partial charge on any atom is -0.493 e. The fourth-order valence-corrected chi connectivity index (χ4v) is 3.79. The summed E-state index contributed by atoms with van der Waals surface area (Å²) in [5.41, 5.74) is 8.48. The Morgan fingerprint density at radius 1 is 1.03 bits per heavy atom. The third-order valence-corrected chi connectivity index (χ3v) is 5.13. The molecule has 6 nitrogen and oxygen atoms in total. The van der Waals surface area contributed by atoms with Crippen molar-refractivity contribution in [1.82, 2.24) is 10.3 Å². The quantitative estimate of drug-likeness (QED) is 0.551. The lowest BCUT2D eigenvalue weighted by molar-refractivity contribution is 0.0941. The third-order valence-electron chi connectivity index (χ3n) is 5.13. The van der Waals surface area contributed by atoms with Crippen LogP contribution < -0.4 is 20.5 Å². The van der Waals surface area contributed by atoms with E-state index < -0.39 is 12.1 Å². The Hall–Kier alpha value is -2.96. The molecule has 30 heavy (non-hydrogen) atoms. The first-order chi connectivity index (χ1) is 14.4. The number of nitrogens with zero attached hydrogens (tertiary/aromatic N) is 1. The number of benzene rings is 2. The van der Waals surface area contributed by atoms with Crippen molar-refractivity contribution >= 4 is 16.6 Å². The number of methoxy groups -OCH3 is 2. The third kappa shape index (κ3) is 4.15. The molecule has 0 spiro atoms. The number of pyridine rings is 1. The number of ether oxygens (including phenoxy) is 2. The Morgan fingerprint density at radius 2 is 1.77 bits per heavy atom. The van der Waals surface area contributed by atoms with Gasteiger partial charge in [-0.25, -0.2) is 0 Å². The second-order valence-corrected chi connectivity index (χ2v) is 7.57. The highest BCUT2D eigenvalue weighted by Crippen LogP contribution is 2.38. The zero-order valence-electron chi connectivity index (χ0n) is 18.1. The average Bonchev–Trinajstić information content (AvgIpc) is 2.76. The van der Waals surface area contributed by atoms with Crippen molar-refractivity contribution in [2.75, 3.05) is 14.2 Å². The van der Waals surface area contributed by atoms with Crippen LogP contribution >= 0.6 is 0 Å².